The van der Waals surface area contributed by atoms with E-state index in [-0.39, 0.29) is 18.2 Å². The van der Waals surface area contributed by atoms with Gasteiger partial charge >= 0.3 is 5.97 Å². The first-order valence-electron chi connectivity index (χ1n) is 12.7. The number of ether oxygens (including phenoxy) is 1. The molecule has 2 atom stereocenters. The van der Waals surface area contributed by atoms with Crippen LogP contribution in [-0.2, 0) is 27.2 Å². The molecule has 2 aromatic carbocycles. The van der Waals surface area contributed by atoms with Crippen LogP contribution >= 0.6 is 0 Å². The Labute approximate surface area is 206 Å². The highest BCUT2D eigenvalue weighted by Gasteiger charge is 2.33. The maximum absolute atomic E-state index is 13.3. The monoisotopic (exact) mass is 478 g/mol. The smallest absolute Gasteiger partial charge is 0.326 e. The standard InChI is InChI=1S/C28H34N2O5/c31-25-12-5-4-7-19-13-15-22(16-14-19)35-23-11-6-8-20(17-23)18-24(28(33)34)29-27(32)26(30-25)21-9-2-1-3-10-21/h6,8,11,13-17,21,24,26H,1-5,7,9-10,12,18H2,(H,29,32)(H,30,31)(H,33,34). The van der Waals surface area contributed by atoms with Gasteiger partial charge in [0.25, 0.3) is 0 Å². The normalized spacial score (nSPS) is 22.6. The Kier molecular flexibility index (Phi) is 8.40. The fourth-order valence-electron chi connectivity index (χ4n) is 5.02. The molecule has 186 valence electrons. The van der Waals surface area contributed by atoms with Crippen LogP contribution in [0.15, 0.2) is 48.5 Å². The highest BCUT2D eigenvalue weighted by Crippen LogP contribution is 2.27. The Balaban J connectivity index is 1.59. The number of carbonyl (C=O) groups is 3. The van der Waals surface area contributed by atoms with Crippen molar-refractivity contribution in [2.45, 2.75) is 76.3 Å². The predicted molar refractivity (Wildman–Crippen MR) is 132 cm³/mol. The minimum Gasteiger partial charge on any atom is -0.480 e. The molecule has 0 spiro atoms. The Morgan fingerprint density at radius 2 is 1.57 bits per heavy atom. The Bertz CT molecular complexity index is 1030. The van der Waals surface area contributed by atoms with Crippen molar-refractivity contribution in [3.05, 3.63) is 59.7 Å². The van der Waals surface area contributed by atoms with Crippen molar-refractivity contribution in [1.82, 2.24) is 10.6 Å². The van der Waals surface area contributed by atoms with Gasteiger partial charge < -0.3 is 20.5 Å². The van der Waals surface area contributed by atoms with Crippen molar-refractivity contribution in [2.24, 2.45) is 5.92 Å². The molecule has 2 heterocycles. The van der Waals surface area contributed by atoms with E-state index in [0.717, 1.165) is 50.5 Å². The maximum atomic E-state index is 13.3. The molecule has 1 fully saturated rings. The summed E-state index contributed by atoms with van der Waals surface area (Å²) in [5, 5.41) is 15.5. The molecule has 3 N–H and O–H groups in total. The summed E-state index contributed by atoms with van der Waals surface area (Å²) in [5.74, 6) is -0.360. The molecule has 0 radical (unpaired) electrons. The van der Waals surface area contributed by atoms with E-state index in [1.54, 1.807) is 6.07 Å². The highest BCUT2D eigenvalue weighted by atomic mass is 16.5. The van der Waals surface area contributed by atoms with Crippen LogP contribution in [0.25, 0.3) is 0 Å². The third kappa shape index (κ3) is 7.07. The van der Waals surface area contributed by atoms with Crippen LogP contribution in [0.2, 0.25) is 0 Å². The van der Waals surface area contributed by atoms with E-state index in [9.17, 15) is 19.5 Å². The molecule has 2 aromatic rings. The van der Waals surface area contributed by atoms with E-state index in [4.69, 9.17) is 4.74 Å². The van der Waals surface area contributed by atoms with Crippen LogP contribution in [0.5, 0.6) is 11.5 Å². The molecule has 4 bridgehead atoms. The average molecular weight is 479 g/mol. The van der Waals surface area contributed by atoms with Gasteiger partial charge in [0.1, 0.15) is 23.6 Å². The number of benzene rings is 2. The van der Waals surface area contributed by atoms with Crippen molar-refractivity contribution >= 4 is 17.8 Å². The number of carboxylic acids is 1. The van der Waals surface area contributed by atoms with Crippen molar-refractivity contribution in [3.63, 3.8) is 0 Å². The van der Waals surface area contributed by atoms with Crippen LogP contribution in [0.1, 0.15) is 62.5 Å². The van der Waals surface area contributed by atoms with Crippen LogP contribution in [-0.4, -0.2) is 35.0 Å². The lowest BCUT2D eigenvalue weighted by Crippen LogP contribution is -2.55. The van der Waals surface area contributed by atoms with Crippen LogP contribution in [0, 0.1) is 5.92 Å². The number of hydrogen-bond donors (Lipinski definition) is 3. The lowest BCUT2D eigenvalue weighted by Gasteiger charge is -2.31. The summed E-state index contributed by atoms with van der Waals surface area (Å²) in [6.45, 7) is 0. The summed E-state index contributed by atoms with van der Waals surface area (Å²) < 4.78 is 5.98. The number of rotatable bonds is 2. The largest absolute Gasteiger partial charge is 0.480 e. The molecule has 2 amide bonds. The first-order valence-corrected chi connectivity index (χ1v) is 12.7. The van der Waals surface area contributed by atoms with Gasteiger partial charge in [-0.15, -0.1) is 0 Å². The molecule has 35 heavy (non-hydrogen) atoms. The Morgan fingerprint density at radius 3 is 2.31 bits per heavy atom. The van der Waals surface area contributed by atoms with Gasteiger partial charge in [-0.2, -0.15) is 0 Å². The van der Waals surface area contributed by atoms with Crippen molar-refractivity contribution in [3.8, 4) is 11.5 Å². The highest BCUT2D eigenvalue weighted by molar-refractivity contribution is 5.90. The van der Waals surface area contributed by atoms with Gasteiger partial charge in [0.2, 0.25) is 11.8 Å². The molecule has 2 aliphatic heterocycles. The van der Waals surface area contributed by atoms with Gasteiger partial charge in [0.15, 0.2) is 0 Å². The van der Waals surface area contributed by atoms with Gasteiger partial charge in [-0.1, -0.05) is 43.5 Å². The first kappa shape index (κ1) is 24.8. The number of aryl methyl sites for hydroxylation is 1. The minimum atomic E-state index is -1.11. The second kappa shape index (κ2) is 11.9. The number of hydrogen-bond acceptors (Lipinski definition) is 4. The maximum Gasteiger partial charge on any atom is 0.326 e. The molecule has 2 unspecified atom stereocenters. The fraction of sp³-hybridized carbons (Fsp3) is 0.464. The number of fused-ring (bicyclic) bond motifs is 12. The molecule has 7 heteroatoms. The van der Waals surface area contributed by atoms with E-state index in [0.29, 0.717) is 24.3 Å². The summed E-state index contributed by atoms with van der Waals surface area (Å²) >= 11 is 0. The molecular formula is C28H34N2O5. The lowest BCUT2D eigenvalue weighted by atomic mass is 9.83. The van der Waals surface area contributed by atoms with Crippen molar-refractivity contribution < 1.29 is 24.2 Å². The zero-order valence-electron chi connectivity index (χ0n) is 20.0. The third-order valence-electron chi connectivity index (χ3n) is 6.95. The molecule has 0 saturated heterocycles. The van der Waals surface area contributed by atoms with E-state index < -0.39 is 24.0 Å². The zero-order chi connectivity index (χ0) is 24.6. The molecule has 5 rings (SSSR count). The van der Waals surface area contributed by atoms with Gasteiger partial charge in [0.05, 0.1) is 0 Å². The van der Waals surface area contributed by atoms with Crippen LogP contribution in [0.4, 0.5) is 0 Å². The van der Waals surface area contributed by atoms with Gasteiger partial charge in [-0.05, 0) is 73.4 Å². The zero-order valence-corrected chi connectivity index (χ0v) is 20.0. The van der Waals surface area contributed by atoms with Gasteiger partial charge in [-0.3, -0.25) is 9.59 Å². The lowest BCUT2D eigenvalue weighted by molar-refractivity contribution is -0.142. The Hall–Kier alpha value is -3.35. The third-order valence-corrected chi connectivity index (χ3v) is 6.95. The predicted octanol–water partition coefficient (Wildman–Crippen LogP) is 4.38. The molecule has 7 nitrogen and oxygen atoms in total. The number of nitrogens with one attached hydrogen (secondary N) is 2. The van der Waals surface area contributed by atoms with E-state index in [2.05, 4.69) is 10.6 Å². The second-order valence-corrected chi connectivity index (χ2v) is 9.65. The number of carbonyl (C=O) groups excluding carboxylic acids is 2. The van der Waals surface area contributed by atoms with Crippen LogP contribution in [0.3, 0.4) is 0 Å². The molecule has 1 saturated carbocycles. The quantitative estimate of drug-likeness (QED) is 0.594. The number of carboxylic acid groups (broad SMARTS) is 1. The molecule has 3 aliphatic rings. The summed E-state index contributed by atoms with van der Waals surface area (Å²) in [6, 6.07) is 13.3. The van der Waals surface area contributed by atoms with Crippen molar-refractivity contribution in [2.75, 3.05) is 0 Å². The first-order chi connectivity index (χ1) is 17.0. The summed E-state index contributed by atoms with van der Waals surface area (Å²) in [6.07, 6.45) is 7.73. The van der Waals surface area contributed by atoms with E-state index >= 15 is 0 Å². The summed E-state index contributed by atoms with van der Waals surface area (Å²) in [7, 11) is 0. The minimum absolute atomic E-state index is 0.0197. The van der Waals surface area contributed by atoms with E-state index in [1.165, 1.54) is 5.56 Å². The SMILES string of the molecule is O=C1CCCCc2ccc(cc2)Oc2cccc(c2)CC(C(=O)O)NC(=O)C(C2CCCCC2)N1. The van der Waals surface area contributed by atoms with Crippen molar-refractivity contribution in [1.29, 1.82) is 0 Å². The Morgan fingerprint density at radius 1 is 0.829 bits per heavy atom. The number of aliphatic carboxylic acids is 1. The number of amides is 2. The van der Waals surface area contributed by atoms with Gasteiger partial charge in [0, 0.05) is 12.8 Å². The van der Waals surface area contributed by atoms with Gasteiger partial charge in [-0.25, -0.2) is 4.79 Å². The fourth-order valence-corrected chi connectivity index (χ4v) is 5.02. The topological polar surface area (TPSA) is 105 Å². The van der Waals surface area contributed by atoms with E-state index in [1.807, 2.05) is 42.5 Å². The molecule has 1 aliphatic carbocycles. The summed E-state index contributed by atoms with van der Waals surface area (Å²) in [5.41, 5.74) is 1.91. The average Bonchev–Trinajstić information content (AvgIpc) is 2.86. The summed E-state index contributed by atoms with van der Waals surface area (Å²) in [4.78, 5) is 38.1. The van der Waals surface area contributed by atoms with Crippen LogP contribution < -0.4 is 15.4 Å². The second-order valence-electron chi connectivity index (χ2n) is 9.65. The molecule has 0 aromatic heterocycles. The molecular weight excluding hydrogens is 444 g/mol.